The van der Waals surface area contributed by atoms with E-state index in [1.807, 2.05) is 31.3 Å². The normalized spacial score (nSPS) is 11.5. The molecule has 0 N–H and O–H groups in total. The van der Waals surface area contributed by atoms with Crippen LogP contribution in [0.15, 0.2) is 45.8 Å². The predicted molar refractivity (Wildman–Crippen MR) is 93.8 cm³/mol. The van der Waals surface area contributed by atoms with Crippen LogP contribution in [0.2, 0.25) is 0 Å². The van der Waals surface area contributed by atoms with Gasteiger partial charge < -0.3 is 9.30 Å². The van der Waals surface area contributed by atoms with E-state index in [1.165, 1.54) is 5.56 Å². The molecule has 2 aromatic rings. The molecule has 0 radical (unpaired) electrons. The van der Waals surface area contributed by atoms with Crippen molar-refractivity contribution in [3.05, 3.63) is 62.5 Å². The van der Waals surface area contributed by atoms with Gasteiger partial charge in [-0.15, -0.1) is 0 Å². The van der Waals surface area contributed by atoms with Gasteiger partial charge in [-0.2, -0.15) is 0 Å². The van der Waals surface area contributed by atoms with Gasteiger partial charge in [-0.3, -0.25) is 4.79 Å². The van der Waals surface area contributed by atoms with Crippen LogP contribution < -0.4 is 10.3 Å². The standard InChI is InChI=1S/C18H22BrNO2/c1-13-11-16(19)17(21)20(12-13)9-10-22-15-7-5-14(6-8-15)18(2,3)4/h5-8,11-12H,9-10H2,1-4H3. The van der Waals surface area contributed by atoms with Crippen molar-refractivity contribution in [1.29, 1.82) is 0 Å². The summed E-state index contributed by atoms with van der Waals surface area (Å²) in [6.45, 7) is 9.51. The van der Waals surface area contributed by atoms with E-state index in [-0.39, 0.29) is 11.0 Å². The number of nitrogens with zero attached hydrogens (tertiary/aromatic N) is 1. The third-order valence-corrected chi connectivity index (χ3v) is 4.07. The number of halogens is 1. The minimum atomic E-state index is -0.0303. The van der Waals surface area contributed by atoms with Crippen molar-refractivity contribution in [2.45, 2.75) is 39.7 Å². The van der Waals surface area contributed by atoms with E-state index < -0.39 is 0 Å². The first-order valence-corrected chi connectivity index (χ1v) is 8.16. The number of aromatic nitrogens is 1. The Morgan fingerprint density at radius 2 is 1.82 bits per heavy atom. The zero-order valence-corrected chi connectivity index (χ0v) is 15.1. The lowest BCUT2D eigenvalue weighted by molar-refractivity contribution is 0.296. The van der Waals surface area contributed by atoms with Crippen molar-refractivity contribution in [3.63, 3.8) is 0 Å². The fraction of sp³-hybridized carbons (Fsp3) is 0.389. The summed E-state index contributed by atoms with van der Waals surface area (Å²) in [4.78, 5) is 12.0. The van der Waals surface area contributed by atoms with Gasteiger partial charge in [-0.25, -0.2) is 0 Å². The van der Waals surface area contributed by atoms with Gasteiger partial charge in [0.15, 0.2) is 0 Å². The van der Waals surface area contributed by atoms with Crippen LogP contribution in [0.4, 0.5) is 0 Å². The molecule has 0 fully saturated rings. The Kier molecular flexibility index (Phi) is 5.12. The Labute approximate surface area is 140 Å². The van der Waals surface area contributed by atoms with Crippen molar-refractivity contribution < 1.29 is 4.74 Å². The number of pyridine rings is 1. The van der Waals surface area contributed by atoms with Crippen LogP contribution in [0.5, 0.6) is 5.75 Å². The minimum Gasteiger partial charge on any atom is -0.492 e. The molecule has 0 bridgehead atoms. The topological polar surface area (TPSA) is 31.2 Å². The van der Waals surface area contributed by atoms with Gasteiger partial charge in [0.25, 0.3) is 5.56 Å². The number of ether oxygens (including phenoxy) is 1. The van der Waals surface area contributed by atoms with Crippen molar-refractivity contribution >= 4 is 15.9 Å². The molecule has 1 aromatic carbocycles. The molecule has 3 nitrogen and oxygen atoms in total. The Balaban J connectivity index is 1.99. The summed E-state index contributed by atoms with van der Waals surface area (Å²) in [6, 6.07) is 9.96. The highest BCUT2D eigenvalue weighted by molar-refractivity contribution is 9.10. The molecule has 1 heterocycles. The van der Waals surface area contributed by atoms with Crippen molar-refractivity contribution in [2.75, 3.05) is 6.61 Å². The first-order valence-electron chi connectivity index (χ1n) is 7.37. The van der Waals surface area contributed by atoms with E-state index in [1.54, 1.807) is 4.57 Å². The summed E-state index contributed by atoms with van der Waals surface area (Å²) in [5, 5.41) is 0. The van der Waals surface area contributed by atoms with E-state index in [9.17, 15) is 4.79 Å². The van der Waals surface area contributed by atoms with Gasteiger partial charge in [0, 0.05) is 6.20 Å². The summed E-state index contributed by atoms with van der Waals surface area (Å²) < 4.78 is 7.99. The molecule has 0 aliphatic rings. The van der Waals surface area contributed by atoms with E-state index in [2.05, 4.69) is 48.8 Å². The smallest absolute Gasteiger partial charge is 0.264 e. The van der Waals surface area contributed by atoms with Crippen LogP contribution in [0, 0.1) is 6.92 Å². The molecule has 0 amide bonds. The summed E-state index contributed by atoms with van der Waals surface area (Å²) in [5.74, 6) is 0.827. The molecule has 0 spiro atoms. The zero-order chi connectivity index (χ0) is 16.3. The minimum absolute atomic E-state index is 0.0303. The van der Waals surface area contributed by atoms with Crippen LogP contribution in [0.25, 0.3) is 0 Å². The number of hydrogen-bond donors (Lipinski definition) is 0. The second kappa shape index (κ2) is 6.69. The van der Waals surface area contributed by atoms with Crippen LogP contribution in [0.3, 0.4) is 0 Å². The fourth-order valence-corrected chi connectivity index (χ4v) is 2.81. The van der Waals surface area contributed by atoms with Gasteiger partial charge in [-0.05, 0) is 57.6 Å². The molecule has 0 saturated heterocycles. The van der Waals surface area contributed by atoms with Crippen LogP contribution in [-0.2, 0) is 12.0 Å². The van der Waals surface area contributed by atoms with Gasteiger partial charge in [0.1, 0.15) is 12.4 Å². The van der Waals surface area contributed by atoms with Crippen LogP contribution >= 0.6 is 15.9 Å². The second-order valence-corrected chi connectivity index (χ2v) is 7.34. The van der Waals surface area contributed by atoms with Gasteiger partial charge >= 0.3 is 0 Å². The quantitative estimate of drug-likeness (QED) is 0.810. The van der Waals surface area contributed by atoms with Crippen molar-refractivity contribution in [2.24, 2.45) is 0 Å². The van der Waals surface area contributed by atoms with Crippen LogP contribution in [-0.4, -0.2) is 11.2 Å². The number of aryl methyl sites for hydroxylation is 1. The average Bonchev–Trinajstić information content (AvgIpc) is 2.43. The van der Waals surface area contributed by atoms with Gasteiger partial charge in [0.2, 0.25) is 0 Å². The molecule has 0 aliphatic heterocycles. The van der Waals surface area contributed by atoms with E-state index >= 15 is 0 Å². The number of hydrogen-bond acceptors (Lipinski definition) is 2. The molecule has 0 saturated carbocycles. The molecule has 2 rings (SSSR count). The maximum atomic E-state index is 12.0. The van der Waals surface area contributed by atoms with Crippen LogP contribution in [0.1, 0.15) is 31.9 Å². The van der Waals surface area contributed by atoms with Crippen molar-refractivity contribution in [3.8, 4) is 5.75 Å². The van der Waals surface area contributed by atoms with Crippen molar-refractivity contribution in [1.82, 2.24) is 4.57 Å². The van der Waals surface area contributed by atoms with Gasteiger partial charge in [-0.1, -0.05) is 32.9 Å². The molecular formula is C18H22BrNO2. The summed E-state index contributed by atoms with van der Waals surface area (Å²) in [7, 11) is 0. The highest BCUT2D eigenvalue weighted by atomic mass is 79.9. The highest BCUT2D eigenvalue weighted by Gasteiger charge is 2.12. The molecule has 22 heavy (non-hydrogen) atoms. The molecule has 1 aromatic heterocycles. The Bertz CT molecular complexity index is 697. The summed E-state index contributed by atoms with van der Waals surface area (Å²) >= 11 is 3.29. The lowest BCUT2D eigenvalue weighted by Crippen LogP contribution is -2.23. The Morgan fingerprint density at radius 1 is 1.18 bits per heavy atom. The summed E-state index contributed by atoms with van der Waals surface area (Å²) in [5.41, 5.74) is 2.43. The van der Waals surface area contributed by atoms with E-state index in [4.69, 9.17) is 4.74 Å². The monoisotopic (exact) mass is 363 g/mol. The van der Waals surface area contributed by atoms with E-state index in [0.29, 0.717) is 17.6 Å². The highest BCUT2D eigenvalue weighted by Crippen LogP contribution is 2.24. The maximum absolute atomic E-state index is 12.0. The lowest BCUT2D eigenvalue weighted by atomic mass is 9.87. The van der Waals surface area contributed by atoms with Gasteiger partial charge in [0.05, 0.1) is 11.0 Å². The second-order valence-electron chi connectivity index (χ2n) is 6.49. The predicted octanol–water partition coefficient (Wildman–Crippen LogP) is 4.30. The lowest BCUT2D eigenvalue weighted by Gasteiger charge is -2.19. The molecule has 0 unspecified atom stereocenters. The Hall–Kier alpha value is -1.55. The maximum Gasteiger partial charge on any atom is 0.264 e. The molecule has 118 valence electrons. The third kappa shape index (κ3) is 4.23. The third-order valence-electron chi connectivity index (χ3n) is 3.50. The zero-order valence-electron chi connectivity index (χ0n) is 13.5. The molecule has 4 heteroatoms. The molecule has 0 atom stereocenters. The average molecular weight is 364 g/mol. The first-order chi connectivity index (χ1) is 10.3. The Morgan fingerprint density at radius 3 is 2.41 bits per heavy atom. The SMILES string of the molecule is Cc1cc(Br)c(=O)n(CCOc2ccc(C(C)(C)C)cc2)c1. The first kappa shape index (κ1) is 16.8. The summed E-state index contributed by atoms with van der Waals surface area (Å²) in [6.07, 6.45) is 1.85. The van der Waals surface area contributed by atoms with E-state index in [0.717, 1.165) is 11.3 Å². The largest absolute Gasteiger partial charge is 0.492 e. The number of rotatable bonds is 4. The fourth-order valence-electron chi connectivity index (χ4n) is 2.22. The number of benzene rings is 1. The molecule has 0 aliphatic carbocycles. The molecular weight excluding hydrogens is 342 g/mol.